The summed E-state index contributed by atoms with van der Waals surface area (Å²) in [4.78, 5) is 14.2. The van der Waals surface area contributed by atoms with Crippen molar-refractivity contribution >= 4 is 11.6 Å². The van der Waals surface area contributed by atoms with Crippen molar-refractivity contribution in [2.75, 3.05) is 25.1 Å². The van der Waals surface area contributed by atoms with E-state index in [2.05, 4.69) is 6.07 Å². The van der Waals surface area contributed by atoms with Crippen LogP contribution in [0.15, 0.2) is 18.2 Å². The molecule has 2 rings (SSSR count). The second kappa shape index (κ2) is 5.50. The molecule has 1 unspecified atom stereocenters. The normalized spacial score (nSPS) is 16.3. The number of hydrogen-bond acceptors (Lipinski definition) is 3. The van der Waals surface area contributed by atoms with Crippen molar-refractivity contribution < 1.29 is 9.53 Å². The van der Waals surface area contributed by atoms with Crippen LogP contribution in [0.5, 0.6) is 0 Å². The fraction of sp³-hybridized carbons (Fsp3) is 0.500. The first-order valence-electron chi connectivity index (χ1n) is 6.31. The molecule has 1 aliphatic rings. The average Bonchev–Trinajstić information content (AvgIpc) is 2.39. The largest absolute Gasteiger partial charge is 0.370 e. The fourth-order valence-electron chi connectivity index (χ4n) is 2.54. The molecule has 98 valence electrons. The van der Waals surface area contributed by atoms with Gasteiger partial charge in [-0.15, -0.1) is 0 Å². The lowest BCUT2D eigenvalue weighted by atomic mass is 9.98. The number of amides is 1. The van der Waals surface area contributed by atoms with Gasteiger partial charge in [0.25, 0.3) is 5.91 Å². The molecule has 4 heteroatoms. The lowest BCUT2D eigenvalue weighted by Crippen LogP contribution is -2.46. The van der Waals surface area contributed by atoms with Crippen molar-refractivity contribution in [2.24, 2.45) is 5.73 Å². The number of carbonyl (C=O) groups excluding carboxylic acids is 1. The van der Waals surface area contributed by atoms with E-state index in [1.165, 1.54) is 12.7 Å². The number of nitrogens with two attached hydrogens (primary N) is 1. The number of rotatable bonds is 3. The molecule has 0 aromatic heterocycles. The topological polar surface area (TPSA) is 55.6 Å². The highest BCUT2D eigenvalue weighted by atomic mass is 16.5. The maximum atomic E-state index is 12.4. The van der Waals surface area contributed by atoms with Gasteiger partial charge in [-0.25, -0.2) is 0 Å². The van der Waals surface area contributed by atoms with E-state index in [-0.39, 0.29) is 12.5 Å². The number of anilines is 1. The first-order valence-corrected chi connectivity index (χ1v) is 6.31. The SMILES string of the molecule is COC(CN)C(=O)N1CCCc2cccc(C)c21. The Hall–Kier alpha value is -1.39. The van der Waals surface area contributed by atoms with Crippen molar-refractivity contribution in [3.63, 3.8) is 0 Å². The number of fused-ring (bicyclic) bond motifs is 1. The van der Waals surface area contributed by atoms with E-state index in [4.69, 9.17) is 10.5 Å². The summed E-state index contributed by atoms with van der Waals surface area (Å²) >= 11 is 0. The Labute approximate surface area is 108 Å². The number of methoxy groups -OCH3 is 1. The van der Waals surface area contributed by atoms with E-state index in [0.29, 0.717) is 0 Å². The highest BCUT2D eigenvalue weighted by molar-refractivity contribution is 5.98. The van der Waals surface area contributed by atoms with Gasteiger partial charge in [0.1, 0.15) is 6.10 Å². The summed E-state index contributed by atoms with van der Waals surface area (Å²) in [5.41, 5.74) is 8.99. The molecule has 0 saturated carbocycles. The summed E-state index contributed by atoms with van der Waals surface area (Å²) in [7, 11) is 1.53. The summed E-state index contributed by atoms with van der Waals surface area (Å²) in [6.45, 7) is 3.00. The Kier molecular flexibility index (Phi) is 3.99. The molecule has 1 aromatic rings. The molecule has 1 aliphatic heterocycles. The number of aryl methyl sites for hydroxylation is 2. The maximum absolute atomic E-state index is 12.4. The highest BCUT2D eigenvalue weighted by Crippen LogP contribution is 2.30. The van der Waals surface area contributed by atoms with Gasteiger partial charge in [-0.05, 0) is 30.9 Å². The Balaban J connectivity index is 2.35. The Morgan fingerprint density at radius 2 is 2.33 bits per heavy atom. The van der Waals surface area contributed by atoms with Crippen LogP contribution in [0.4, 0.5) is 5.69 Å². The van der Waals surface area contributed by atoms with Gasteiger partial charge in [0, 0.05) is 25.9 Å². The van der Waals surface area contributed by atoms with Crippen molar-refractivity contribution in [1.82, 2.24) is 0 Å². The van der Waals surface area contributed by atoms with E-state index in [0.717, 1.165) is 30.6 Å². The lowest BCUT2D eigenvalue weighted by molar-refractivity contribution is -0.127. The number of nitrogens with zero attached hydrogens (tertiary/aromatic N) is 1. The number of benzene rings is 1. The lowest BCUT2D eigenvalue weighted by Gasteiger charge is -2.33. The van der Waals surface area contributed by atoms with Crippen LogP contribution in [0.25, 0.3) is 0 Å². The van der Waals surface area contributed by atoms with Gasteiger partial charge >= 0.3 is 0 Å². The van der Waals surface area contributed by atoms with Crippen LogP contribution in [0.1, 0.15) is 17.5 Å². The summed E-state index contributed by atoms with van der Waals surface area (Å²) in [5, 5.41) is 0. The predicted molar refractivity (Wildman–Crippen MR) is 71.7 cm³/mol. The molecular weight excluding hydrogens is 228 g/mol. The summed E-state index contributed by atoms with van der Waals surface area (Å²) in [5.74, 6) is -0.0322. The zero-order valence-corrected chi connectivity index (χ0v) is 11.0. The van der Waals surface area contributed by atoms with E-state index >= 15 is 0 Å². The summed E-state index contributed by atoms with van der Waals surface area (Å²) in [6.07, 6.45) is 1.47. The van der Waals surface area contributed by atoms with Crippen LogP contribution in [-0.4, -0.2) is 32.2 Å². The molecule has 1 aromatic carbocycles. The maximum Gasteiger partial charge on any atom is 0.257 e. The van der Waals surface area contributed by atoms with Crippen molar-refractivity contribution in [3.05, 3.63) is 29.3 Å². The number of carbonyl (C=O) groups is 1. The molecule has 0 saturated heterocycles. The molecule has 0 aliphatic carbocycles. The van der Waals surface area contributed by atoms with Gasteiger partial charge in [-0.3, -0.25) is 4.79 Å². The number of hydrogen-bond donors (Lipinski definition) is 1. The molecule has 18 heavy (non-hydrogen) atoms. The smallest absolute Gasteiger partial charge is 0.257 e. The van der Waals surface area contributed by atoms with Crippen LogP contribution in [0.2, 0.25) is 0 Å². The predicted octanol–water partition coefficient (Wildman–Crippen LogP) is 1.25. The second-order valence-electron chi connectivity index (χ2n) is 4.64. The summed E-state index contributed by atoms with van der Waals surface area (Å²) in [6, 6.07) is 6.17. The molecule has 4 nitrogen and oxygen atoms in total. The number of ether oxygens (including phenoxy) is 1. The second-order valence-corrected chi connectivity index (χ2v) is 4.64. The highest BCUT2D eigenvalue weighted by Gasteiger charge is 2.28. The molecule has 1 amide bonds. The van der Waals surface area contributed by atoms with E-state index in [1.807, 2.05) is 24.0 Å². The van der Waals surface area contributed by atoms with Crippen LogP contribution in [0, 0.1) is 6.92 Å². The Bertz CT molecular complexity index is 441. The third kappa shape index (κ3) is 2.26. The molecule has 0 fully saturated rings. The standard InChI is InChI=1S/C14H20N2O2/c1-10-5-3-6-11-7-4-8-16(13(10)11)14(17)12(9-15)18-2/h3,5-6,12H,4,7-9,15H2,1-2H3. The minimum absolute atomic E-state index is 0.0322. The molecule has 2 N–H and O–H groups in total. The van der Waals surface area contributed by atoms with Gasteiger partial charge < -0.3 is 15.4 Å². The monoisotopic (exact) mass is 248 g/mol. The van der Waals surface area contributed by atoms with Gasteiger partial charge in [-0.1, -0.05) is 18.2 Å². The first kappa shape index (κ1) is 13.1. The Morgan fingerprint density at radius 1 is 1.56 bits per heavy atom. The zero-order valence-electron chi connectivity index (χ0n) is 11.0. The van der Waals surface area contributed by atoms with Crippen LogP contribution in [-0.2, 0) is 16.0 Å². The Morgan fingerprint density at radius 3 is 3.00 bits per heavy atom. The van der Waals surface area contributed by atoms with Crippen LogP contribution >= 0.6 is 0 Å². The van der Waals surface area contributed by atoms with Gasteiger partial charge in [0.2, 0.25) is 0 Å². The van der Waals surface area contributed by atoms with E-state index in [9.17, 15) is 4.79 Å². The van der Waals surface area contributed by atoms with Crippen LogP contribution in [0.3, 0.4) is 0 Å². The van der Waals surface area contributed by atoms with Crippen molar-refractivity contribution in [2.45, 2.75) is 25.9 Å². The van der Waals surface area contributed by atoms with E-state index in [1.54, 1.807) is 0 Å². The minimum Gasteiger partial charge on any atom is -0.370 e. The summed E-state index contributed by atoms with van der Waals surface area (Å²) < 4.78 is 5.15. The molecule has 1 heterocycles. The third-order valence-corrected chi connectivity index (χ3v) is 3.46. The van der Waals surface area contributed by atoms with E-state index < -0.39 is 6.10 Å². The quantitative estimate of drug-likeness (QED) is 0.876. The van der Waals surface area contributed by atoms with Gasteiger partial charge in [0.05, 0.1) is 0 Å². The molecule has 0 radical (unpaired) electrons. The molecule has 1 atom stereocenters. The molecule has 0 spiro atoms. The third-order valence-electron chi connectivity index (χ3n) is 3.46. The molecular formula is C14H20N2O2. The molecule has 0 bridgehead atoms. The average molecular weight is 248 g/mol. The van der Waals surface area contributed by atoms with Crippen molar-refractivity contribution in [3.8, 4) is 0 Å². The zero-order chi connectivity index (χ0) is 13.1. The van der Waals surface area contributed by atoms with Gasteiger partial charge in [0.15, 0.2) is 0 Å². The van der Waals surface area contributed by atoms with Crippen molar-refractivity contribution in [1.29, 1.82) is 0 Å². The number of para-hydroxylation sites is 1. The van der Waals surface area contributed by atoms with Gasteiger partial charge in [-0.2, -0.15) is 0 Å². The first-order chi connectivity index (χ1) is 8.69. The van der Waals surface area contributed by atoms with Crippen LogP contribution < -0.4 is 10.6 Å². The minimum atomic E-state index is -0.546. The fourth-order valence-corrected chi connectivity index (χ4v) is 2.54.